The molecule has 0 unspecified atom stereocenters. The van der Waals surface area contributed by atoms with Gasteiger partial charge in [0.1, 0.15) is 23.2 Å². The molecule has 0 amide bonds. The van der Waals surface area contributed by atoms with E-state index in [1.54, 1.807) is 13.0 Å². The number of esters is 1. The summed E-state index contributed by atoms with van der Waals surface area (Å²) in [5, 5.41) is 0. The number of hydrogen-bond donors (Lipinski definition) is 0. The monoisotopic (exact) mass is 347 g/mol. The standard InChI is InChI=1S/C15H26NO6P/c1-6-16(7-2)10-12-9-13(15(17)21-8-3)14(22-12)11-23(18,19-4)20-5/h9H,6-8,10-11H2,1-5H3. The first kappa shape index (κ1) is 19.9. The van der Waals surface area contributed by atoms with Crippen LogP contribution < -0.4 is 0 Å². The van der Waals surface area contributed by atoms with E-state index in [0.717, 1.165) is 13.1 Å². The van der Waals surface area contributed by atoms with Gasteiger partial charge in [0, 0.05) is 14.2 Å². The molecule has 0 N–H and O–H groups in total. The molecule has 0 aromatic carbocycles. The van der Waals surface area contributed by atoms with Gasteiger partial charge in [-0.3, -0.25) is 9.46 Å². The van der Waals surface area contributed by atoms with Crippen LogP contribution in [0.25, 0.3) is 0 Å². The maximum absolute atomic E-state index is 12.3. The number of carbonyl (C=O) groups excluding carboxylic acids is 1. The summed E-state index contributed by atoms with van der Waals surface area (Å²) in [5.41, 5.74) is 0.267. The Morgan fingerprint density at radius 2 is 1.83 bits per heavy atom. The minimum atomic E-state index is -3.34. The van der Waals surface area contributed by atoms with Crippen molar-refractivity contribution in [3.63, 3.8) is 0 Å². The highest BCUT2D eigenvalue weighted by Crippen LogP contribution is 2.50. The second-order valence-electron chi connectivity index (χ2n) is 4.87. The van der Waals surface area contributed by atoms with E-state index in [1.165, 1.54) is 14.2 Å². The molecule has 0 radical (unpaired) electrons. The van der Waals surface area contributed by atoms with E-state index in [0.29, 0.717) is 12.3 Å². The lowest BCUT2D eigenvalue weighted by molar-refractivity contribution is 0.0524. The minimum Gasteiger partial charge on any atom is -0.463 e. The van der Waals surface area contributed by atoms with Gasteiger partial charge < -0.3 is 18.2 Å². The molecule has 8 heteroatoms. The second kappa shape index (κ2) is 9.23. The zero-order valence-corrected chi connectivity index (χ0v) is 15.4. The molecule has 0 bridgehead atoms. The molecule has 132 valence electrons. The predicted octanol–water partition coefficient (Wildman–Crippen LogP) is 3.28. The van der Waals surface area contributed by atoms with Crippen LogP contribution in [0.15, 0.2) is 10.5 Å². The van der Waals surface area contributed by atoms with Gasteiger partial charge in [-0.15, -0.1) is 0 Å². The predicted molar refractivity (Wildman–Crippen MR) is 86.6 cm³/mol. The number of ether oxygens (including phenoxy) is 1. The topological polar surface area (TPSA) is 78.2 Å². The van der Waals surface area contributed by atoms with E-state index < -0.39 is 13.6 Å². The summed E-state index contributed by atoms with van der Waals surface area (Å²) in [6, 6.07) is 1.64. The van der Waals surface area contributed by atoms with Gasteiger partial charge in [-0.25, -0.2) is 4.79 Å². The summed E-state index contributed by atoms with van der Waals surface area (Å²) in [6.07, 6.45) is -0.119. The average Bonchev–Trinajstić information content (AvgIpc) is 2.94. The van der Waals surface area contributed by atoms with E-state index in [2.05, 4.69) is 4.90 Å². The second-order valence-corrected chi connectivity index (χ2v) is 7.13. The molecule has 1 aromatic rings. The van der Waals surface area contributed by atoms with Gasteiger partial charge in [-0.1, -0.05) is 13.8 Å². The first-order valence-electron chi connectivity index (χ1n) is 7.64. The van der Waals surface area contributed by atoms with E-state index in [1.807, 2.05) is 13.8 Å². The molecular weight excluding hydrogens is 321 g/mol. The van der Waals surface area contributed by atoms with E-state index in [4.69, 9.17) is 18.2 Å². The Morgan fingerprint density at radius 1 is 1.22 bits per heavy atom. The minimum absolute atomic E-state index is 0.119. The third-order valence-electron chi connectivity index (χ3n) is 3.52. The third kappa shape index (κ3) is 5.46. The molecule has 23 heavy (non-hydrogen) atoms. The lowest BCUT2D eigenvalue weighted by Crippen LogP contribution is -2.21. The molecule has 1 aromatic heterocycles. The van der Waals surface area contributed by atoms with Crippen LogP contribution in [0.2, 0.25) is 0 Å². The SMILES string of the molecule is CCOC(=O)c1cc(CN(CC)CC)oc1CP(=O)(OC)OC. The number of carbonyl (C=O) groups is 1. The van der Waals surface area contributed by atoms with Crippen molar-refractivity contribution in [2.45, 2.75) is 33.5 Å². The van der Waals surface area contributed by atoms with Crippen molar-refractivity contribution in [1.82, 2.24) is 4.90 Å². The van der Waals surface area contributed by atoms with Crippen molar-refractivity contribution < 1.29 is 27.6 Å². The van der Waals surface area contributed by atoms with Gasteiger partial charge in [0.25, 0.3) is 0 Å². The number of hydrogen-bond acceptors (Lipinski definition) is 7. The first-order chi connectivity index (χ1) is 10.9. The Balaban J connectivity index is 3.12. The molecule has 0 aliphatic heterocycles. The van der Waals surface area contributed by atoms with Crippen LogP contribution in [0.1, 0.15) is 42.6 Å². The van der Waals surface area contributed by atoms with Gasteiger partial charge in [0.05, 0.1) is 13.2 Å². The summed E-state index contributed by atoms with van der Waals surface area (Å²) in [7, 11) is -0.739. The average molecular weight is 347 g/mol. The largest absolute Gasteiger partial charge is 0.463 e. The smallest absolute Gasteiger partial charge is 0.341 e. The Hall–Kier alpha value is -1.14. The Morgan fingerprint density at radius 3 is 2.30 bits per heavy atom. The summed E-state index contributed by atoms with van der Waals surface area (Å²) >= 11 is 0. The lowest BCUT2D eigenvalue weighted by atomic mass is 10.2. The van der Waals surface area contributed by atoms with E-state index in [-0.39, 0.29) is 24.1 Å². The van der Waals surface area contributed by atoms with Crippen molar-refractivity contribution in [2.75, 3.05) is 33.9 Å². The van der Waals surface area contributed by atoms with Crippen molar-refractivity contribution in [3.8, 4) is 0 Å². The first-order valence-corrected chi connectivity index (χ1v) is 9.37. The van der Waals surface area contributed by atoms with E-state index >= 15 is 0 Å². The van der Waals surface area contributed by atoms with Gasteiger partial charge in [0.2, 0.25) is 0 Å². The molecule has 1 heterocycles. The van der Waals surface area contributed by atoms with Crippen molar-refractivity contribution in [2.24, 2.45) is 0 Å². The molecule has 0 saturated carbocycles. The molecule has 1 rings (SSSR count). The van der Waals surface area contributed by atoms with Crippen LogP contribution in [0, 0.1) is 0 Å². The molecular formula is C15H26NO6P. The van der Waals surface area contributed by atoms with Gasteiger partial charge >= 0.3 is 13.6 Å². The fraction of sp³-hybridized carbons (Fsp3) is 0.667. The molecule has 7 nitrogen and oxygen atoms in total. The van der Waals surface area contributed by atoms with Gasteiger partial charge in [-0.05, 0) is 26.1 Å². The van der Waals surface area contributed by atoms with Gasteiger partial charge in [-0.2, -0.15) is 0 Å². The summed E-state index contributed by atoms with van der Waals surface area (Å²) < 4.78 is 33.0. The van der Waals surface area contributed by atoms with Crippen LogP contribution in [0.5, 0.6) is 0 Å². The number of furan rings is 1. The number of nitrogens with zero attached hydrogens (tertiary/aromatic N) is 1. The van der Waals surface area contributed by atoms with Crippen LogP contribution >= 0.6 is 7.60 Å². The zero-order chi connectivity index (χ0) is 17.5. The fourth-order valence-electron chi connectivity index (χ4n) is 2.11. The maximum atomic E-state index is 12.3. The summed E-state index contributed by atoms with van der Waals surface area (Å²) in [4.78, 5) is 14.2. The fourth-order valence-corrected chi connectivity index (χ4v) is 3.10. The summed E-state index contributed by atoms with van der Waals surface area (Å²) in [5.74, 6) is 0.374. The van der Waals surface area contributed by atoms with Crippen LogP contribution in [-0.2, 0) is 31.1 Å². The molecule has 0 aliphatic rings. The Labute approximate surface area is 137 Å². The maximum Gasteiger partial charge on any atom is 0.341 e. The molecule has 0 fully saturated rings. The van der Waals surface area contributed by atoms with Gasteiger partial charge in [0.15, 0.2) is 0 Å². The third-order valence-corrected chi connectivity index (χ3v) is 5.31. The highest BCUT2D eigenvalue weighted by atomic mass is 31.2. The van der Waals surface area contributed by atoms with Crippen LogP contribution in [0.4, 0.5) is 0 Å². The highest BCUT2D eigenvalue weighted by Gasteiger charge is 2.29. The number of rotatable bonds is 10. The normalized spacial score (nSPS) is 11.9. The summed E-state index contributed by atoms with van der Waals surface area (Å²) in [6.45, 7) is 8.34. The van der Waals surface area contributed by atoms with Crippen molar-refractivity contribution in [1.29, 1.82) is 0 Å². The Bertz CT molecular complexity index is 544. The molecule has 0 atom stereocenters. The van der Waals surface area contributed by atoms with Crippen molar-refractivity contribution in [3.05, 3.63) is 23.2 Å². The zero-order valence-electron chi connectivity index (χ0n) is 14.5. The molecule has 0 spiro atoms. The van der Waals surface area contributed by atoms with Crippen LogP contribution in [0.3, 0.4) is 0 Å². The van der Waals surface area contributed by atoms with Crippen LogP contribution in [-0.4, -0.2) is 44.8 Å². The Kier molecular flexibility index (Phi) is 7.99. The highest BCUT2D eigenvalue weighted by molar-refractivity contribution is 7.52. The quantitative estimate of drug-likeness (QED) is 0.475. The van der Waals surface area contributed by atoms with Crippen molar-refractivity contribution >= 4 is 13.6 Å². The molecule has 0 saturated heterocycles. The molecule has 0 aliphatic carbocycles. The van der Waals surface area contributed by atoms with E-state index in [9.17, 15) is 9.36 Å². The lowest BCUT2D eigenvalue weighted by Gasteiger charge is -2.16.